The first-order valence-corrected chi connectivity index (χ1v) is 11.8. The molecule has 4 rings (SSSR count). The number of amides is 3. The molecule has 33 heavy (non-hydrogen) atoms. The van der Waals surface area contributed by atoms with Gasteiger partial charge in [0.1, 0.15) is 10.7 Å². The summed E-state index contributed by atoms with van der Waals surface area (Å²) < 4.78 is 14.8. The Hall–Kier alpha value is -2.91. The van der Waals surface area contributed by atoms with Gasteiger partial charge in [-0.05, 0) is 37.0 Å². The lowest BCUT2D eigenvalue weighted by Crippen LogP contribution is -2.52. The number of nitrogens with two attached hydrogens (primary N) is 1. The Morgan fingerprint density at radius 3 is 2.79 bits per heavy atom. The second-order valence-electron chi connectivity index (χ2n) is 8.55. The number of halogens is 2. The SMILES string of the molecule is Cc1c[nH]c(CC(N)=O)c1C(=O)NC1CC(C)CN(C(=O)c2sc3cccc(F)c3c2Cl)C1. The topological polar surface area (TPSA) is 108 Å². The molecule has 0 bridgehead atoms. The highest BCUT2D eigenvalue weighted by Gasteiger charge is 2.32. The molecule has 4 N–H and O–H groups in total. The van der Waals surface area contributed by atoms with Crippen molar-refractivity contribution in [2.24, 2.45) is 11.7 Å². The molecule has 0 aliphatic carbocycles. The Balaban J connectivity index is 1.53. The van der Waals surface area contributed by atoms with Crippen LogP contribution >= 0.6 is 22.9 Å². The van der Waals surface area contributed by atoms with Gasteiger partial charge >= 0.3 is 0 Å². The van der Waals surface area contributed by atoms with Crippen molar-refractivity contribution < 1.29 is 18.8 Å². The monoisotopic (exact) mass is 490 g/mol. The van der Waals surface area contributed by atoms with Crippen molar-refractivity contribution in [2.45, 2.75) is 32.7 Å². The molecule has 10 heteroatoms. The highest BCUT2D eigenvalue weighted by atomic mass is 35.5. The number of aryl methyl sites for hydroxylation is 1. The van der Waals surface area contributed by atoms with E-state index in [2.05, 4.69) is 10.3 Å². The van der Waals surface area contributed by atoms with Gasteiger partial charge in [-0.1, -0.05) is 24.6 Å². The summed E-state index contributed by atoms with van der Waals surface area (Å²) in [6.45, 7) is 4.59. The number of hydrogen-bond acceptors (Lipinski definition) is 4. The summed E-state index contributed by atoms with van der Waals surface area (Å²) in [6.07, 6.45) is 2.29. The molecule has 3 amide bonds. The third kappa shape index (κ3) is 4.60. The van der Waals surface area contributed by atoms with E-state index in [1.54, 1.807) is 30.2 Å². The quantitative estimate of drug-likeness (QED) is 0.508. The van der Waals surface area contributed by atoms with Crippen LogP contribution < -0.4 is 11.1 Å². The van der Waals surface area contributed by atoms with Gasteiger partial charge in [0.15, 0.2) is 0 Å². The number of rotatable bonds is 5. The van der Waals surface area contributed by atoms with Gasteiger partial charge in [0.2, 0.25) is 5.91 Å². The molecule has 0 spiro atoms. The zero-order chi connectivity index (χ0) is 23.9. The van der Waals surface area contributed by atoms with E-state index in [0.717, 1.165) is 0 Å². The third-order valence-corrected chi connectivity index (χ3v) is 7.45. The lowest BCUT2D eigenvalue weighted by molar-refractivity contribution is -0.117. The number of carbonyl (C=O) groups excluding carboxylic acids is 3. The van der Waals surface area contributed by atoms with Gasteiger partial charge < -0.3 is 20.9 Å². The molecule has 3 aromatic rings. The first kappa shape index (κ1) is 23.3. The molecule has 0 radical (unpaired) electrons. The van der Waals surface area contributed by atoms with E-state index >= 15 is 0 Å². The van der Waals surface area contributed by atoms with Crippen LogP contribution in [0.4, 0.5) is 4.39 Å². The Morgan fingerprint density at radius 2 is 2.09 bits per heavy atom. The average molecular weight is 491 g/mol. The smallest absolute Gasteiger partial charge is 0.265 e. The third-order valence-electron chi connectivity index (χ3n) is 5.82. The number of likely N-dealkylation sites (tertiary alicyclic amines) is 1. The summed E-state index contributed by atoms with van der Waals surface area (Å²) in [6, 6.07) is 4.35. The second kappa shape index (κ2) is 9.15. The van der Waals surface area contributed by atoms with Crippen molar-refractivity contribution in [3.05, 3.63) is 56.9 Å². The molecule has 1 aromatic carbocycles. The number of carbonyl (C=O) groups is 3. The van der Waals surface area contributed by atoms with Crippen molar-refractivity contribution >= 4 is 50.7 Å². The van der Waals surface area contributed by atoms with Crippen LogP contribution in [0.1, 0.15) is 44.6 Å². The van der Waals surface area contributed by atoms with Crippen LogP contribution in [-0.4, -0.2) is 46.7 Å². The Kier molecular flexibility index (Phi) is 6.45. The molecule has 7 nitrogen and oxygen atoms in total. The lowest BCUT2D eigenvalue weighted by Gasteiger charge is -2.36. The molecule has 1 saturated heterocycles. The van der Waals surface area contributed by atoms with Crippen molar-refractivity contribution in [3.8, 4) is 0 Å². The van der Waals surface area contributed by atoms with Crippen molar-refractivity contribution in [1.82, 2.24) is 15.2 Å². The maximum absolute atomic E-state index is 14.2. The van der Waals surface area contributed by atoms with Gasteiger partial charge in [0, 0.05) is 41.1 Å². The fraction of sp³-hybridized carbons (Fsp3) is 0.348. The number of nitrogens with zero attached hydrogens (tertiary/aromatic N) is 1. The molecular formula is C23H24ClFN4O3S. The number of primary amides is 1. The summed E-state index contributed by atoms with van der Waals surface area (Å²) in [5.41, 5.74) is 6.86. The Bertz CT molecular complexity index is 1250. The first-order valence-electron chi connectivity index (χ1n) is 10.6. The minimum absolute atomic E-state index is 0.0662. The normalized spacial score (nSPS) is 18.5. The standard InChI is InChI=1S/C23H24ClFN4O3S/c1-11-6-13(28-22(31)18-12(2)8-27-15(18)7-17(26)30)10-29(9-11)23(32)21-20(24)19-14(25)4-3-5-16(19)33-21/h3-5,8,11,13,27H,6-7,9-10H2,1-2H3,(H2,26,30)(H,28,31). The number of hydrogen-bond donors (Lipinski definition) is 3. The molecule has 0 saturated carbocycles. The highest BCUT2D eigenvalue weighted by Crippen LogP contribution is 2.38. The average Bonchev–Trinajstić information content (AvgIpc) is 3.27. The highest BCUT2D eigenvalue weighted by molar-refractivity contribution is 7.21. The van der Waals surface area contributed by atoms with Crippen LogP contribution in [-0.2, 0) is 11.2 Å². The lowest BCUT2D eigenvalue weighted by atomic mass is 9.95. The van der Waals surface area contributed by atoms with E-state index in [4.69, 9.17) is 17.3 Å². The first-order chi connectivity index (χ1) is 15.7. The van der Waals surface area contributed by atoms with E-state index in [0.29, 0.717) is 45.9 Å². The summed E-state index contributed by atoms with van der Waals surface area (Å²) in [5, 5.41) is 3.38. The number of aromatic nitrogens is 1. The Labute approximate surface area is 199 Å². The van der Waals surface area contributed by atoms with Crippen LogP contribution in [0, 0.1) is 18.7 Å². The van der Waals surface area contributed by atoms with Crippen LogP contribution in [0.2, 0.25) is 5.02 Å². The number of benzene rings is 1. The minimum atomic E-state index is -0.536. The number of thiophene rings is 1. The molecule has 1 aliphatic rings. The molecule has 1 fully saturated rings. The van der Waals surface area contributed by atoms with Gasteiger partial charge in [-0.3, -0.25) is 14.4 Å². The van der Waals surface area contributed by atoms with Gasteiger partial charge in [-0.2, -0.15) is 0 Å². The fourth-order valence-electron chi connectivity index (χ4n) is 4.44. The second-order valence-corrected chi connectivity index (χ2v) is 9.98. The van der Waals surface area contributed by atoms with Gasteiger partial charge in [0.25, 0.3) is 11.8 Å². The van der Waals surface area contributed by atoms with Crippen molar-refractivity contribution in [2.75, 3.05) is 13.1 Å². The summed E-state index contributed by atoms with van der Waals surface area (Å²) in [7, 11) is 0. The number of aromatic amines is 1. The number of fused-ring (bicyclic) bond motifs is 1. The van der Waals surface area contributed by atoms with E-state index < -0.39 is 11.7 Å². The molecular weight excluding hydrogens is 467 g/mol. The van der Waals surface area contributed by atoms with Crippen LogP contribution in [0.25, 0.3) is 10.1 Å². The fourth-order valence-corrected chi connectivity index (χ4v) is 5.96. The maximum Gasteiger partial charge on any atom is 0.265 e. The van der Waals surface area contributed by atoms with Gasteiger partial charge in [-0.15, -0.1) is 11.3 Å². The molecule has 1 aliphatic heterocycles. The van der Waals surface area contributed by atoms with Crippen LogP contribution in [0.5, 0.6) is 0 Å². The molecule has 174 valence electrons. The van der Waals surface area contributed by atoms with E-state index in [9.17, 15) is 18.8 Å². The number of piperidine rings is 1. The van der Waals surface area contributed by atoms with Gasteiger partial charge in [-0.25, -0.2) is 4.39 Å². The number of H-pyrrole nitrogens is 1. The predicted octanol–water partition coefficient (Wildman–Crippen LogP) is 3.64. The molecule has 2 unspecified atom stereocenters. The zero-order valence-electron chi connectivity index (χ0n) is 18.2. The summed E-state index contributed by atoms with van der Waals surface area (Å²) in [5.74, 6) is -1.46. The summed E-state index contributed by atoms with van der Waals surface area (Å²) >= 11 is 7.55. The van der Waals surface area contributed by atoms with Crippen LogP contribution in [0.3, 0.4) is 0 Å². The molecule has 2 aromatic heterocycles. The molecule has 3 heterocycles. The van der Waals surface area contributed by atoms with E-state index in [1.165, 1.54) is 17.4 Å². The largest absolute Gasteiger partial charge is 0.369 e. The Morgan fingerprint density at radius 1 is 1.33 bits per heavy atom. The van der Waals surface area contributed by atoms with E-state index in [-0.39, 0.29) is 40.6 Å². The zero-order valence-corrected chi connectivity index (χ0v) is 19.8. The van der Waals surface area contributed by atoms with Crippen molar-refractivity contribution in [3.63, 3.8) is 0 Å². The van der Waals surface area contributed by atoms with Gasteiger partial charge in [0.05, 0.1) is 17.0 Å². The van der Waals surface area contributed by atoms with Crippen molar-refractivity contribution in [1.29, 1.82) is 0 Å². The van der Waals surface area contributed by atoms with Crippen LogP contribution in [0.15, 0.2) is 24.4 Å². The van der Waals surface area contributed by atoms with E-state index in [1.807, 2.05) is 6.92 Å². The maximum atomic E-state index is 14.2. The molecule has 2 atom stereocenters. The predicted molar refractivity (Wildman–Crippen MR) is 126 cm³/mol. The minimum Gasteiger partial charge on any atom is -0.369 e. The summed E-state index contributed by atoms with van der Waals surface area (Å²) in [4.78, 5) is 42.5. The number of nitrogens with one attached hydrogen (secondary N) is 2.